The van der Waals surface area contributed by atoms with Gasteiger partial charge in [0.2, 0.25) is 11.8 Å². The summed E-state index contributed by atoms with van der Waals surface area (Å²) < 4.78 is 29.9. The number of rotatable bonds is 25. The van der Waals surface area contributed by atoms with E-state index in [-0.39, 0.29) is 85.4 Å². The molecule has 5 N–H and O–H groups in total. The number of carbonyl (C=O) groups is 9. The molecule has 10 atom stereocenters. The van der Waals surface area contributed by atoms with Gasteiger partial charge >= 0.3 is 23.9 Å². The van der Waals surface area contributed by atoms with Gasteiger partial charge in [0.15, 0.2) is 5.78 Å². The number of urea groups is 1. The van der Waals surface area contributed by atoms with Crippen LogP contribution in [0.3, 0.4) is 0 Å². The number of alkyl halides is 1. The van der Waals surface area contributed by atoms with Crippen molar-refractivity contribution in [3.63, 3.8) is 0 Å². The Hall–Kier alpha value is -6.85. The van der Waals surface area contributed by atoms with E-state index >= 15 is 0 Å². The predicted octanol–water partition coefficient (Wildman–Crippen LogP) is 9.04. The fourth-order valence-corrected chi connectivity index (χ4v) is 12.4. The molecule has 4 bridgehead atoms. The van der Waals surface area contributed by atoms with Crippen LogP contribution >= 0.6 is 27.5 Å². The zero-order valence-electron chi connectivity index (χ0n) is 54.4. The maximum Gasteiger partial charge on any atom is 0.334 e. The van der Waals surface area contributed by atoms with Gasteiger partial charge in [-0.25, -0.2) is 14.4 Å². The first-order valence-electron chi connectivity index (χ1n) is 31.0. The zero-order valence-corrected chi connectivity index (χ0v) is 56.8. The number of fused-ring (bicyclic) bond motifs is 6. The summed E-state index contributed by atoms with van der Waals surface area (Å²) in [4.78, 5) is 130. The number of anilines is 1. The molecule has 3 aliphatic rings. The highest BCUT2D eigenvalue weighted by Gasteiger charge is 2.64. The molecule has 0 radical (unpaired) electrons. The number of aryl methyl sites for hydroxylation is 1. The summed E-state index contributed by atoms with van der Waals surface area (Å²) in [5.74, 6) is -5.77. The number of hydrogen-bond donors (Lipinski definition) is 4. The van der Waals surface area contributed by atoms with E-state index in [0.29, 0.717) is 52.9 Å². The minimum Gasteiger partial charge on any atom is -0.462 e. The van der Waals surface area contributed by atoms with Crippen LogP contribution < -0.4 is 21.3 Å². The van der Waals surface area contributed by atoms with E-state index in [2.05, 4.69) is 38.1 Å². The number of benzene rings is 2. The van der Waals surface area contributed by atoms with Crippen LogP contribution in [-0.2, 0) is 70.1 Å². The third-order valence-electron chi connectivity index (χ3n) is 17.7. The van der Waals surface area contributed by atoms with Gasteiger partial charge in [-0.2, -0.15) is 0 Å². The van der Waals surface area contributed by atoms with E-state index in [0.717, 1.165) is 16.7 Å². The van der Waals surface area contributed by atoms with Crippen molar-refractivity contribution in [1.29, 1.82) is 0 Å². The van der Waals surface area contributed by atoms with Gasteiger partial charge in [-0.05, 0) is 121 Å². The number of amides is 5. The van der Waals surface area contributed by atoms with Crippen LogP contribution in [0.15, 0.2) is 78.5 Å². The number of nitrogens with one attached hydrogen (secondary N) is 2. The number of unbranched alkanes of at least 4 members (excludes halogenated alkanes) is 1. The molecular weight excluding hydrogens is 1260 g/mol. The standard InChI is InChI=1S/C68H90BrClN6O15/c1-38(2)49(33-46(77)20-14-15-26-66(8,9)91-63(83)41(5)37-69)61(81)74-50(22-18-28-73-65(71)85)52(78)32-45-24-25-48(59-47(45)21-17-27-72-59)62(82)75(11)43(7)64(84)89-55-34-56(79)76(12)51-31-44(30-40(4)58(51)70)29-39(3)19-16-23-54(87-13)68(86)35-53(88-57(80)36-68)42(6)60-67(55,10)90-60/h16-17,19,21,23-25,27,30-31,38,42-43,49-50,53-55,60,86H,5,14-15,18,20,22,26,28-29,32-37H2,1-4,6-13H3,(H,74,81)(H3,71,73,85)/b23-16+,39-19+/t42-,43+,49+,50+,53+,54-,55+,60+,67+,68-/m1/s1. The van der Waals surface area contributed by atoms with Gasteiger partial charge < -0.3 is 55.0 Å². The van der Waals surface area contributed by atoms with Crippen LogP contribution in [0.5, 0.6) is 0 Å². The smallest absolute Gasteiger partial charge is 0.334 e. The number of carbonyl (C=O) groups excluding carboxylic acids is 9. The summed E-state index contributed by atoms with van der Waals surface area (Å²) in [6, 6.07) is 7.14. The normalized spacial score (nSPS) is 23.9. The molecule has 0 aliphatic carbocycles. The van der Waals surface area contributed by atoms with Crippen molar-refractivity contribution >= 4 is 97.3 Å². The number of aliphatic hydroxyl groups is 1. The lowest BCUT2D eigenvalue weighted by atomic mass is 9.78. The number of epoxide rings is 1. The van der Waals surface area contributed by atoms with Crippen molar-refractivity contribution < 1.29 is 71.9 Å². The van der Waals surface area contributed by atoms with E-state index in [1.165, 1.54) is 43.1 Å². The second-order valence-corrected chi connectivity index (χ2v) is 26.7. The zero-order chi connectivity index (χ0) is 67.4. The van der Waals surface area contributed by atoms with Crippen LogP contribution in [0.2, 0.25) is 5.02 Å². The molecule has 21 nitrogen and oxygen atoms in total. The maximum atomic E-state index is 14.7. The van der Waals surface area contributed by atoms with E-state index in [9.17, 15) is 48.3 Å². The minimum absolute atomic E-state index is 0.0108. The number of Topliss-reactive ketones (excluding diaryl/α,β-unsaturated/α-hetero) is 2. The third-order valence-corrected chi connectivity index (χ3v) is 18.9. The fraction of sp³-hybridized carbons (Fsp3) is 0.559. The summed E-state index contributed by atoms with van der Waals surface area (Å²) in [5.41, 5.74) is 5.59. The molecule has 0 unspecified atom stereocenters. The molecule has 496 valence electrons. The molecule has 6 rings (SSSR count). The van der Waals surface area contributed by atoms with Crippen LogP contribution in [0.1, 0.15) is 147 Å². The number of ether oxygens (including phenoxy) is 5. The number of methoxy groups -OCH3 is 1. The minimum atomic E-state index is -1.65. The summed E-state index contributed by atoms with van der Waals surface area (Å²) in [6.45, 7) is 19.8. The maximum absolute atomic E-state index is 14.7. The van der Waals surface area contributed by atoms with Crippen LogP contribution in [0.4, 0.5) is 10.5 Å². The number of ketones is 2. The number of nitrogens with zero attached hydrogens (tertiary/aromatic N) is 3. The number of likely N-dealkylation sites (N-methyl/N-ethyl adjacent to an activating group) is 1. The average molecular weight is 1350 g/mol. The molecule has 3 aliphatic heterocycles. The van der Waals surface area contributed by atoms with Crippen LogP contribution in [0, 0.1) is 24.7 Å². The Balaban J connectivity index is 1.21. The van der Waals surface area contributed by atoms with Crippen molar-refractivity contribution in [3.8, 4) is 0 Å². The summed E-state index contributed by atoms with van der Waals surface area (Å²) >= 11 is 10.1. The quantitative estimate of drug-likeness (QED) is 0.0154. The second-order valence-electron chi connectivity index (χ2n) is 25.7. The van der Waals surface area contributed by atoms with Gasteiger partial charge in [0.25, 0.3) is 5.91 Å². The Morgan fingerprint density at radius 1 is 1.07 bits per heavy atom. The first kappa shape index (κ1) is 73.2. The lowest BCUT2D eigenvalue weighted by Crippen LogP contribution is -2.53. The first-order chi connectivity index (χ1) is 42.7. The average Bonchev–Trinajstić information content (AvgIpc) is 1.59. The summed E-state index contributed by atoms with van der Waals surface area (Å²) in [5, 5.41) is 18.6. The number of hydrogen-bond acceptors (Lipinski definition) is 16. The molecule has 0 saturated carbocycles. The van der Waals surface area contributed by atoms with Crippen molar-refractivity contribution in [3.05, 3.63) is 106 Å². The van der Waals surface area contributed by atoms with Crippen LogP contribution in [-0.4, -0.2) is 155 Å². The lowest BCUT2D eigenvalue weighted by Gasteiger charge is -2.41. The molecule has 2 fully saturated rings. The number of allylic oxidation sites excluding steroid dienone is 3. The molecular formula is C68H90BrClN6O15. The lowest BCUT2D eigenvalue weighted by molar-refractivity contribution is -0.187. The Morgan fingerprint density at radius 3 is 2.45 bits per heavy atom. The fourth-order valence-electron chi connectivity index (χ4n) is 11.9. The Morgan fingerprint density at radius 2 is 1.78 bits per heavy atom. The van der Waals surface area contributed by atoms with E-state index in [1.807, 2.05) is 45.9 Å². The Kier molecular flexibility index (Phi) is 25.5. The third kappa shape index (κ3) is 18.9. The monoisotopic (exact) mass is 1340 g/mol. The van der Waals surface area contributed by atoms with Crippen molar-refractivity contribution in [2.45, 2.75) is 193 Å². The van der Waals surface area contributed by atoms with E-state index in [1.54, 1.807) is 65.1 Å². The van der Waals surface area contributed by atoms with Crippen molar-refractivity contribution in [2.24, 2.45) is 23.5 Å². The largest absolute Gasteiger partial charge is 0.462 e. The summed E-state index contributed by atoms with van der Waals surface area (Å²) in [6.07, 6.45) is 4.70. The van der Waals surface area contributed by atoms with Crippen LogP contribution in [0.25, 0.3) is 10.9 Å². The number of esters is 3. The molecule has 3 aromatic rings. The molecule has 1 aromatic heterocycles. The van der Waals surface area contributed by atoms with Gasteiger partial charge in [-0.1, -0.05) is 96.9 Å². The number of halogens is 2. The topological polar surface area (TPSA) is 293 Å². The number of primary amides is 1. The van der Waals surface area contributed by atoms with Gasteiger partial charge in [0.05, 0.1) is 46.8 Å². The van der Waals surface area contributed by atoms with Gasteiger partial charge in [0.1, 0.15) is 46.9 Å². The van der Waals surface area contributed by atoms with E-state index in [4.69, 9.17) is 41.0 Å². The van der Waals surface area contributed by atoms with E-state index < -0.39 is 113 Å². The molecule has 23 heteroatoms. The highest BCUT2D eigenvalue weighted by molar-refractivity contribution is 9.09. The molecule has 2 saturated heterocycles. The number of nitrogens with two attached hydrogens (primary N) is 1. The molecule has 0 spiro atoms. The van der Waals surface area contributed by atoms with Crippen molar-refractivity contribution in [2.75, 3.05) is 38.0 Å². The van der Waals surface area contributed by atoms with Gasteiger partial charge in [-0.3, -0.25) is 33.8 Å². The number of pyridine rings is 1. The van der Waals surface area contributed by atoms with Gasteiger partial charge in [-0.15, -0.1) is 0 Å². The highest BCUT2D eigenvalue weighted by atomic mass is 79.9. The number of aromatic nitrogens is 1. The summed E-state index contributed by atoms with van der Waals surface area (Å²) in [7, 11) is 4.46. The highest BCUT2D eigenvalue weighted by Crippen LogP contribution is 2.50. The first-order valence-corrected chi connectivity index (χ1v) is 32.5. The predicted molar refractivity (Wildman–Crippen MR) is 348 cm³/mol. The SMILES string of the molecule is C=C(CBr)C(=O)OC(C)(C)CCCCC(=O)C[C@H](C(=O)N[C@@H](CCCNC(N)=O)C(=O)Cc1ccc(C(=O)N(C)[C@@H](C)C(=O)O[C@H]2CC(=O)N(C)c3cc(cc(C)c3Cl)C/C(C)=C/C=C/[C@@H](OC)[C@]3(O)CC(=O)O[C@@H](C3)[C@@H](C)[C@@H]3O[C@@]23C)c2ncccc12)C(C)C. The van der Waals surface area contributed by atoms with Gasteiger partial charge in [0, 0.05) is 87.8 Å². The Bertz CT molecular complexity index is 3310. The second kappa shape index (κ2) is 31.7. The molecule has 4 heterocycles. The molecule has 91 heavy (non-hydrogen) atoms. The Labute approximate surface area is 547 Å². The van der Waals surface area contributed by atoms with Crippen molar-refractivity contribution in [1.82, 2.24) is 20.5 Å². The molecule has 2 aromatic carbocycles. The molecule has 5 amide bonds.